The van der Waals surface area contributed by atoms with Gasteiger partial charge in [-0.2, -0.15) is 13.2 Å². The number of amides is 1. The summed E-state index contributed by atoms with van der Waals surface area (Å²) in [5.41, 5.74) is -1.15. The van der Waals surface area contributed by atoms with E-state index in [9.17, 15) is 27.9 Å². The van der Waals surface area contributed by atoms with Crippen molar-refractivity contribution in [2.75, 3.05) is 4.90 Å². The van der Waals surface area contributed by atoms with Crippen LogP contribution in [-0.4, -0.2) is 11.0 Å². The molecule has 4 aromatic rings. The minimum Gasteiger partial charge on any atom is -0.508 e. The number of carbonyl (C=O) groups is 1. The smallest absolute Gasteiger partial charge is 0.416 e. The quantitative estimate of drug-likeness (QED) is 0.394. The van der Waals surface area contributed by atoms with Gasteiger partial charge in [0.25, 0.3) is 5.91 Å². The topological polar surface area (TPSA) is 70.8 Å². The molecule has 5 nitrogen and oxygen atoms in total. The number of halogens is 4. The number of alkyl halides is 3. The fourth-order valence-electron chi connectivity index (χ4n) is 4.05. The van der Waals surface area contributed by atoms with E-state index in [4.69, 9.17) is 16.0 Å². The summed E-state index contributed by atoms with van der Waals surface area (Å²) in [6.07, 6.45) is -4.63. The molecule has 9 heteroatoms. The lowest BCUT2D eigenvalue weighted by Gasteiger charge is -2.26. The van der Waals surface area contributed by atoms with Gasteiger partial charge < -0.3 is 9.52 Å². The molecule has 1 atom stereocenters. The van der Waals surface area contributed by atoms with E-state index < -0.39 is 29.1 Å². The third-order valence-corrected chi connectivity index (χ3v) is 5.70. The molecule has 2 heterocycles. The van der Waals surface area contributed by atoms with Crippen LogP contribution in [0.25, 0.3) is 11.0 Å². The first-order valence-corrected chi connectivity index (χ1v) is 10.1. The number of phenols is 1. The van der Waals surface area contributed by atoms with Crippen molar-refractivity contribution in [3.05, 3.63) is 104 Å². The summed E-state index contributed by atoms with van der Waals surface area (Å²) in [7, 11) is 0. The molecule has 1 N–H and O–H groups in total. The Bertz CT molecular complexity index is 1500. The van der Waals surface area contributed by atoms with E-state index in [1.54, 1.807) is 6.07 Å². The second kappa shape index (κ2) is 7.38. The monoisotopic (exact) mass is 471 g/mol. The van der Waals surface area contributed by atoms with E-state index in [0.29, 0.717) is 5.56 Å². The zero-order valence-electron chi connectivity index (χ0n) is 16.6. The van der Waals surface area contributed by atoms with Crippen molar-refractivity contribution in [1.82, 2.24) is 0 Å². The van der Waals surface area contributed by atoms with Crippen molar-refractivity contribution in [3.63, 3.8) is 0 Å². The normalized spacial score (nSPS) is 15.8. The van der Waals surface area contributed by atoms with E-state index in [0.717, 1.165) is 17.0 Å². The number of hydrogen-bond acceptors (Lipinski definition) is 4. The summed E-state index contributed by atoms with van der Waals surface area (Å²) in [6.45, 7) is 0. The van der Waals surface area contributed by atoms with Crippen molar-refractivity contribution in [2.45, 2.75) is 12.2 Å². The largest absolute Gasteiger partial charge is 0.508 e. The maximum atomic E-state index is 13.4. The van der Waals surface area contributed by atoms with Crippen LogP contribution in [0.4, 0.5) is 18.9 Å². The summed E-state index contributed by atoms with van der Waals surface area (Å²) >= 11 is 6.03. The predicted octanol–water partition coefficient (Wildman–Crippen LogP) is 5.92. The minimum absolute atomic E-state index is 0.0437. The van der Waals surface area contributed by atoms with Crippen LogP contribution in [0, 0.1) is 0 Å². The highest BCUT2D eigenvalue weighted by Crippen LogP contribution is 2.43. The Morgan fingerprint density at radius 1 is 0.970 bits per heavy atom. The first-order chi connectivity index (χ1) is 15.6. The molecule has 5 rings (SSSR count). The molecule has 1 aromatic heterocycles. The van der Waals surface area contributed by atoms with Gasteiger partial charge in [-0.25, -0.2) is 0 Å². The lowest BCUT2D eigenvalue weighted by Crippen LogP contribution is -2.29. The summed E-state index contributed by atoms with van der Waals surface area (Å²) in [4.78, 5) is 27.9. The van der Waals surface area contributed by atoms with Gasteiger partial charge in [0.2, 0.25) is 5.76 Å². The zero-order valence-corrected chi connectivity index (χ0v) is 17.3. The lowest BCUT2D eigenvalue weighted by molar-refractivity contribution is -0.137. The number of hydrogen-bond donors (Lipinski definition) is 1. The molecular weight excluding hydrogens is 459 g/mol. The lowest BCUT2D eigenvalue weighted by atomic mass is 9.98. The van der Waals surface area contributed by atoms with Crippen molar-refractivity contribution < 1.29 is 27.5 Å². The average molecular weight is 472 g/mol. The molecule has 1 amide bonds. The number of fused-ring (bicyclic) bond motifs is 2. The van der Waals surface area contributed by atoms with E-state index in [1.165, 1.54) is 48.5 Å². The summed E-state index contributed by atoms with van der Waals surface area (Å²) < 4.78 is 45.8. The maximum absolute atomic E-state index is 13.4. The molecule has 3 aromatic carbocycles. The second-order valence-electron chi connectivity index (χ2n) is 7.54. The van der Waals surface area contributed by atoms with Gasteiger partial charge in [-0.15, -0.1) is 0 Å². The van der Waals surface area contributed by atoms with Crippen LogP contribution in [0.15, 0.2) is 75.9 Å². The standard InChI is InChI=1S/C24H13ClF3NO4/c25-14-7-8-18-17(11-14)21(31)19-20(12-3-1-6-16(30)9-12)29(23(32)22(19)33-18)15-5-2-4-13(10-15)24(26,27)28/h1-11,20,30H. The van der Waals surface area contributed by atoms with Gasteiger partial charge in [0.05, 0.1) is 22.6 Å². The van der Waals surface area contributed by atoms with Crippen LogP contribution < -0.4 is 10.3 Å². The Hall–Kier alpha value is -3.78. The molecule has 33 heavy (non-hydrogen) atoms. The first kappa shape index (κ1) is 21.1. The van der Waals surface area contributed by atoms with Crippen molar-refractivity contribution >= 4 is 34.2 Å². The molecule has 1 aliphatic heterocycles. The van der Waals surface area contributed by atoms with Crippen molar-refractivity contribution in [3.8, 4) is 5.75 Å². The Kier molecular flexibility index (Phi) is 4.72. The first-order valence-electron chi connectivity index (χ1n) is 9.71. The Morgan fingerprint density at radius 2 is 1.73 bits per heavy atom. The average Bonchev–Trinajstić information content (AvgIpc) is 3.06. The molecule has 0 radical (unpaired) electrons. The molecule has 0 aliphatic carbocycles. The van der Waals surface area contributed by atoms with Gasteiger partial charge in [0.1, 0.15) is 11.3 Å². The Morgan fingerprint density at radius 3 is 2.45 bits per heavy atom. The number of aromatic hydroxyl groups is 1. The third-order valence-electron chi connectivity index (χ3n) is 5.47. The SMILES string of the molecule is O=C1c2oc3ccc(Cl)cc3c(=O)c2C(c2cccc(O)c2)N1c1cccc(C(F)(F)F)c1. The van der Waals surface area contributed by atoms with Crippen LogP contribution >= 0.6 is 11.6 Å². The highest BCUT2D eigenvalue weighted by Gasteiger charge is 2.44. The number of carbonyl (C=O) groups excluding carboxylic acids is 1. The molecule has 1 aliphatic rings. The van der Waals surface area contributed by atoms with Crippen molar-refractivity contribution in [2.24, 2.45) is 0 Å². The molecule has 0 spiro atoms. The van der Waals surface area contributed by atoms with Gasteiger partial charge in [0.15, 0.2) is 5.43 Å². The van der Waals surface area contributed by atoms with Crippen LogP contribution in [0.1, 0.15) is 33.3 Å². The number of rotatable bonds is 2. The van der Waals surface area contributed by atoms with Crippen LogP contribution in [0.5, 0.6) is 5.75 Å². The maximum Gasteiger partial charge on any atom is 0.416 e. The van der Waals surface area contributed by atoms with Crippen molar-refractivity contribution in [1.29, 1.82) is 0 Å². The van der Waals surface area contributed by atoms with Gasteiger partial charge in [-0.1, -0.05) is 29.8 Å². The highest BCUT2D eigenvalue weighted by atomic mass is 35.5. The van der Waals surface area contributed by atoms with Gasteiger partial charge in [-0.05, 0) is 54.1 Å². The molecule has 0 bridgehead atoms. The fourth-order valence-corrected chi connectivity index (χ4v) is 4.23. The van der Waals surface area contributed by atoms with Gasteiger partial charge >= 0.3 is 6.18 Å². The van der Waals surface area contributed by atoms with Gasteiger partial charge in [0, 0.05) is 10.7 Å². The molecular formula is C24H13ClF3NO4. The van der Waals surface area contributed by atoms with E-state index >= 15 is 0 Å². The van der Waals surface area contributed by atoms with Crippen LogP contribution in [0.2, 0.25) is 5.02 Å². The molecule has 166 valence electrons. The van der Waals surface area contributed by atoms with E-state index in [2.05, 4.69) is 0 Å². The molecule has 0 fully saturated rings. The number of benzene rings is 3. The van der Waals surface area contributed by atoms with Gasteiger partial charge in [-0.3, -0.25) is 14.5 Å². The summed E-state index contributed by atoms with van der Waals surface area (Å²) in [6, 6.07) is 13.3. The molecule has 1 unspecified atom stereocenters. The third kappa shape index (κ3) is 3.43. The number of anilines is 1. The van der Waals surface area contributed by atoms with E-state index in [-0.39, 0.29) is 38.8 Å². The number of phenolic OH excluding ortho intramolecular Hbond substituents is 1. The summed E-state index contributed by atoms with van der Waals surface area (Å²) in [5, 5.41) is 10.4. The highest BCUT2D eigenvalue weighted by molar-refractivity contribution is 6.31. The Balaban J connectivity index is 1.81. The molecule has 0 saturated carbocycles. The fraction of sp³-hybridized carbons (Fsp3) is 0.0833. The molecule has 0 saturated heterocycles. The van der Waals surface area contributed by atoms with Crippen LogP contribution in [0.3, 0.4) is 0 Å². The Labute approximate surface area is 189 Å². The second-order valence-corrected chi connectivity index (χ2v) is 7.97. The predicted molar refractivity (Wildman–Crippen MR) is 116 cm³/mol. The zero-order chi connectivity index (χ0) is 23.5. The number of nitrogens with zero attached hydrogens (tertiary/aromatic N) is 1. The minimum atomic E-state index is -4.63. The van der Waals surface area contributed by atoms with E-state index in [1.807, 2.05) is 0 Å². The summed E-state index contributed by atoms with van der Waals surface area (Å²) in [5.74, 6) is -1.18. The van der Waals surface area contributed by atoms with Crippen LogP contribution in [-0.2, 0) is 6.18 Å².